The molecule has 0 spiro atoms. The van der Waals surface area contributed by atoms with Gasteiger partial charge in [-0.05, 0) is 56.7 Å². The molecule has 0 aromatic heterocycles. The Morgan fingerprint density at radius 3 is 2.48 bits per heavy atom. The average Bonchev–Trinajstić information content (AvgIpc) is 2.66. The lowest BCUT2D eigenvalue weighted by molar-refractivity contribution is -0.384. The first-order valence-corrected chi connectivity index (χ1v) is 8.66. The fraction of sp³-hybridized carbons (Fsp3) is 0.250. The van der Waals surface area contributed by atoms with Crippen LogP contribution in [0.2, 0.25) is 0 Å². The maximum absolute atomic E-state index is 12.0. The molecule has 1 N–H and O–H groups in total. The molecule has 9 nitrogen and oxygen atoms in total. The second-order valence-corrected chi connectivity index (χ2v) is 6.95. The van der Waals surface area contributed by atoms with Crippen LogP contribution in [0.15, 0.2) is 53.6 Å². The number of hydrogen-bond donors (Lipinski definition) is 1. The number of amides is 1. The van der Waals surface area contributed by atoms with Crippen LogP contribution in [0.25, 0.3) is 0 Å². The van der Waals surface area contributed by atoms with E-state index in [0.29, 0.717) is 11.3 Å². The van der Waals surface area contributed by atoms with Gasteiger partial charge in [-0.1, -0.05) is 6.07 Å². The van der Waals surface area contributed by atoms with Gasteiger partial charge < -0.3 is 9.47 Å². The summed E-state index contributed by atoms with van der Waals surface area (Å²) < 4.78 is 10.5. The van der Waals surface area contributed by atoms with Crippen molar-refractivity contribution >= 4 is 23.8 Å². The molecule has 0 saturated carbocycles. The second-order valence-electron chi connectivity index (χ2n) is 6.95. The Bertz CT molecular complexity index is 917. The zero-order valence-electron chi connectivity index (χ0n) is 16.2. The largest absolute Gasteiger partial charge is 0.482 e. The zero-order chi connectivity index (χ0) is 21.4. The molecule has 2 aromatic carbocycles. The number of carbonyl (C=O) groups excluding carboxylic acids is 2. The highest BCUT2D eigenvalue weighted by molar-refractivity contribution is 5.95. The Morgan fingerprint density at radius 1 is 1.17 bits per heavy atom. The van der Waals surface area contributed by atoms with Crippen molar-refractivity contribution in [2.45, 2.75) is 26.4 Å². The van der Waals surface area contributed by atoms with Gasteiger partial charge in [0.15, 0.2) is 6.61 Å². The van der Waals surface area contributed by atoms with Gasteiger partial charge >= 0.3 is 5.97 Å². The quantitative estimate of drug-likeness (QED) is 0.331. The first kappa shape index (κ1) is 21.5. The molecule has 0 bridgehead atoms. The van der Waals surface area contributed by atoms with E-state index in [9.17, 15) is 19.7 Å². The van der Waals surface area contributed by atoms with Gasteiger partial charge in [0.2, 0.25) is 0 Å². The molecule has 0 saturated heterocycles. The monoisotopic (exact) mass is 399 g/mol. The lowest BCUT2D eigenvalue weighted by Crippen LogP contribution is -2.27. The number of non-ortho nitro benzene ring substituents is 1. The smallest absolute Gasteiger partial charge is 0.344 e. The molecule has 0 heterocycles. The topological polar surface area (TPSA) is 120 Å². The van der Waals surface area contributed by atoms with Gasteiger partial charge in [-0.3, -0.25) is 14.9 Å². The fourth-order valence-corrected chi connectivity index (χ4v) is 2.15. The number of nitrogens with zero attached hydrogens (tertiary/aromatic N) is 2. The van der Waals surface area contributed by atoms with E-state index in [1.807, 2.05) is 0 Å². The molecule has 152 valence electrons. The lowest BCUT2D eigenvalue weighted by Gasteiger charge is -2.19. The molecule has 0 unspecified atom stereocenters. The van der Waals surface area contributed by atoms with Crippen LogP contribution in [-0.4, -0.2) is 35.2 Å². The molecule has 2 aromatic rings. The van der Waals surface area contributed by atoms with E-state index < -0.39 is 22.4 Å². The number of benzene rings is 2. The summed E-state index contributed by atoms with van der Waals surface area (Å²) in [4.78, 5) is 33.8. The minimum atomic E-state index is -0.577. The summed E-state index contributed by atoms with van der Waals surface area (Å²) in [6, 6.07) is 12.0. The number of nitrogens with one attached hydrogen (secondary N) is 1. The van der Waals surface area contributed by atoms with Crippen LogP contribution < -0.4 is 10.2 Å². The van der Waals surface area contributed by atoms with Gasteiger partial charge in [0.25, 0.3) is 11.6 Å². The Kier molecular flexibility index (Phi) is 7.02. The van der Waals surface area contributed by atoms with Gasteiger partial charge in [0.1, 0.15) is 11.4 Å². The summed E-state index contributed by atoms with van der Waals surface area (Å²) in [7, 11) is 0. The fourth-order valence-electron chi connectivity index (χ4n) is 2.15. The molecule has 0 atom stereocenters. The molecular weight excluding hydrogens is 378 g/mol. The van der Waals surface area contributed by atoms with E-state index in [-0.39, 0.29) is 17.9 Å². The van der Waals surface area contributed by atoms with Crippen molar-refractivity contribution in [2.24, 2.45) is 5.10 Å². The molecule has 29 heavy (non-hydrogen) atoms. The van der Waals surface area contributed by atoms with Gasteiger partial charge in [-0.25, -0.2) is 10.2 Å². The van der Waals surface area contributed by atoms with Crippen molar-refractivity contribution in [1.82, 2.24) is 5.43 Å². The van der Waals surface area contributed by atoms with Crippen LogP contribution in [0, 0.1) is 10.1 Å². The van der Waals surface area contributed by atoms with E-state index in [1.165, 1.54) is 30.5 Å². The Labute approximate surface area is 167 Å². The Morgan fingerprint density at radius 2 is 1.86 bits per heavy atom. The average molecular weight is 399 g/mol. The van der Waals surface area contributed by atoms with Crippen LogP contribution in [-0.2, 0) is 9.53 Å². The zero-order valence-corrected chi connectivity index (χ0v) is 16.2. The Balaban J connectivity index is 1.87. The molecule has 9 heteroatoms. The van der Waals surface area contributed by atoms with E-state index in [1.54, 1.807) is 45.0 Å². The first-order valence-electron chi connectivity index (χ1n) is 8.66. The van der Waals surface area contributed by atoms with Crippen molar-refractivity contribution in [3.8, 4) is 5.75 Å². The lowest BCUT2D eigenvalue weighted by atomic mass is 10.2. The normalized spacial score (nSPS) is 11.1. The number of nitro groups is 1. The molecule has 0 fully saturated rings. The number of nitro benzene ring substituents is 1. The summed E-state index contributed by atoms with van der Waals surface area (Å²) in [6.07, 6.45) is 1.41. The van der Waals surface area contributed by atoms with Crippen molar-refractivity contribution in [3.63, 3.8) is 0 Å². The van der Waals surface area contributed by atoms with Gasteiger partial charge in [-0.2, -0.15) is 5.10 Å². The van der Waals surface area contributed by atoms with Crippen molar-refractivity contribution in [3.05, 3.63) is 69.8 Å². The predicted octanol–water partition coefficient (Wildman–Crippen LogP) is 3.08. The molecular formula is C20H21N3O6. The van der Waals surface area contributed by atoms with Crippen molar-refractivity contribution in [2.75, 3.05) is 6.61 Å². The highest BCUT2D eigenvalue weighted by Crippen LogP contribution is 2.14. The number of ether oxygens (including phenoxy) is 2. The number of esters is 1. The second kappa shape index (κ2) is 9.45. The standard InChI is InChI=1S/C20H21N3O6/c1-20(2,3)29-18(24)13-28-17-9-7-14(8-10-17)12-21-22-19(25)15-5-4-6-16(11-15)23(26)27/h4-12H,13H2,1-3H3,(H,22,25)/b21-12+. The van der Waals surface area contributed by atoms with E-state index in [0.717, 1.165) is 0 Å². The summed E-state index contributed by atoms with van der Waals surface area (Å²) in [5.41, 5.74) is 2.36. The van der Waals surface area contributed by atoms with Crippen LogP contribution >= 0.6 is 0 Å². The molecule has 1 amide bonds. The number of rotatable bonds is 7. The summed E-state index contributed by atoms with van der Waals surface area (Å²) in [5, 5.41) is 14.6. The molecule has 0 radical (unpaired) electrons. The predicted molar refractivity (Wildman–Crippen MR) is 106 cm³/mol. The highest BCUT2D eigenvalue weighted by atomic mass is 16.6. The third-order valence-corrected chi connectivity index (χ3v) is 3.36. The van der Waals surface area contributed by atoms with E-state index in [2.05, 4.69) is 10.5 Å². The molecule has 0 aliphatic carbocycles. The highest BCUT2D eigenvalue weighted by Gasteiger charge is 2.16. The van der Waals surface area contributed by atoms with Gasteiger partial charge in [0.05, 0.1) is 11.1 Å². The SMILES string of the molecule is CC(C)(C)OC(=O)COc1ccc(/C=N/NC(=O)c2cccc([N+](=O)[O-])c2)cc1. The molecule has 0 aliphatic rings. The van der Waals surface area contributed by atoms with Crippen LogP contribution in [0.3, 0.4) is 0 Å². The van der Waals surface area contributed by atoms with E-state index >= 15 is 0 Å². The summed E-state index contributed by atoms with van der Waals surface area (Å²) >= 11 is 0. The maximum atomic E-state index is 12.0. The number of hydrazone groups is 1. The molecule has 0 aliphatic heterocycles. The van der Waals surface area contributed by atoms with Crippen LogP contribution in [0.5, 0.6) is 5.75 Å². The van der Waals surface area contributed by atoms with Crippen molar-refractivity contribution < 1.29 is 24.0 Å². The summed E-state index contributed by atoms with van der Waals surface area (Å²) in [5.74, 6) is -0.553. The third kappa shape index (κ3) is 7.41. The maximum Gasteiger partial charge on any atom is 0.344 e. The minimum absolute atomic E-state index is 0.127. The van der Waals surface area contributed by atoms with Crippen LogP contribution in [0.1, 0.15) is 36.7 Å². The van der Waals surface area contributed by atoms with Gasteiger partial charge in [0, 0.05) is 17.7 Å². The van der Waals surface area contributed by atoms with Crippen molar-refractivity contribution in [1.29, 1.82) is 0 Å². The van der Waals surface area contributed by atoms with Gasteiger partial charge in [-0.15, -0.1) is 0 Å². The summed E-state index contributed by atoms with van der Waals surface area (Å²) in [6.45, 7) is 5.12. The number of hydrogen-bond acceptors (Lipinski definition) is 7. The Hall–Kier alpha value is -3.75. The van der Waals surface area contributed by atoms with Crippen LogP contribution in [0.4, 0.5) is 5.69 Å². The first-order chi connectivity index (χ1) is 13.6. The number of carbonyl (C=O) groups is 2. The third-order valence-electron chi connectivity index (χ3n) is 3.36. The van der Waals surface area contributed by atoms with E-state index in [4.69, 9.17) is 9.47 Å². The molecule has 2 rings (SSSR count). The minimum Gasteiger partial charge on any atom is -0.482 e.